The third kappa shape index (κ3) is 2.83. The molecule has 0 N–H and O–H groups in total. The van der Waals surface area contributed by atoms with Crippen LogP contribution >= 0.6 is 0 Å². The Bertz CT molecular complexity index is 321. The van der Waals surface area contributed by atoms with Crippen molar-refractivity contribution in [3.8, 4) is 5.75 Å². The minimum atomic E-state index is 0.0895. The van der Waals surface area contributed by atoms with E-state index in [-0.39, 0.29) is 11.9 Å². The largest absolute Gasteiger partial charge is 0.489 e. The molecule has 1 heterocycles. The van der Waals surface area contributed by atoms with Crippen LogP contribution in [0.2, 0.25) is 0 Å². The first-order chi connectivity index (χ1) is 6.63. The second-order valence-electron chi connectivity index (χ2n) is 3.35. The third-order valence-electron chi connectivity index (χ3n) is 1.73. The molecule has 0 atom stereocenters. The zero-order chi connectivity index (χ0) is 10.6. The molecule has 0 aliphatic carbocycles. The Morgan fingerprint density at radius 3 is 2.79 bits per heavy atom. The van der Waals surface area contributed by atoms with E-state index in [0.717, 1.165) is 0 Å². The number of Topliss-reactive ketones (excluding diaryl/α,β-unsaturated/α-hetero) is 1. The molecule has 14 heavy (non-hydrogen) atoms. The van der Waals surface area contributed by atoms with Crippen molar-refractivity contribution < 1.29 is 9.53 Å². The first-order valence-corrected chi connectivity index (χ1v) is 4.78. The zero-order valence-corrected chi connectivity index (χ0v) is 8.78. The van der Waals surface area contributed by atoms with E-state index in [1.165, 1.54) is 0 Å². The van der Waals surface area contributed by atoms with Gasteiger partial charge in [0.1, 0.15) is 5.75 Å². The van der Waals surface area contributed by atoms with Crippen LogP contribution in [0.1, 0.15) is 37.6 Å². The van der Waals surface area contributed by atoms with E-state index in [0.29, 0.717) is 17.7 Å². The van der Waals surface area contributed by atoms with Gasteiger partial charge >= 0.3 is 0 Å². The Morgan fingerprint density at radius 2 is 2.21 bits per heavy atom. The average Bonchev–Trinajstić information content (AvgIpc) is 2.16. The number of carbonyl (C=O) groups excluding carboxylic acids is 1. The van der Waals surface area contributed by atoms with Gasteiger partial charge in [0.15, 0.2) is 5.78 Å². The fraction of sp³-hybridized carbons (Fsp3) is 0.455. The van der Waals surface area contributed by atoms with E-state index < -0.39 is 0 Å². The van der Waals surface area contributed by atoms with Gasteiger partial charge in [-0.2, -0.15) is 0 Å². The minimum Gasteiger partial charge on any atom is -0.489 e. The molecule has 0 radical (unpaired) electrons. The summed E-state index contributed by atoms with van der Waals surface area (Å²) in [5.74, 6) is 0.742. The van der Waals surface area contributed by atoms with Crippen molar-refractivity contribution in [3.63, 3.8) is 0 Å². The molecule has 0 amide bonds. The van der Waals surface area contributed by atoms with Crippen LogP contribution in [0.4, 0.5) is 0 Å². The summed E-state index contributed by atoms with van der Waals surface area (Å²) in [6, 6.07) is 1.73. The topological polar surface area (TPSA) is 39.2 Å². The highest BCUT2D eigenvalue weighted by Gasteiger charge is 2.05. The Hall–Kier alpha value is -1.38. The van der Waals surface area contributed by atoms with Crippen LogP contribution in [0.15, 0.2) is 18.5 Å². The van der Waals surface area contributed by atoms with Crippen LogP contribution in [-0.2, 0) is 0 Å². The van der Waals surface area contributed by atoms with Gasteiger partial charge in [0, 0.05) is 18.2 Å². The molecule has 0 fully saturated rings. The standard InChI is InChI=1S/C11H15NO2/c1-4-11(13)9-5-10(7-12-6-9)14-8(2)3/h5-8H,4H2,1-3H3. The summed E-state index contributed by atoms with van der Waals surface area (Å²) in [6.45, 7) is 5.71. The lowest BCUT2D eigenvalue weighted by molar-refractivity contribution is 0.0987. The lowest BCUT2D eigenvalue weighted by Gasteiger charge is -2.09. The van der Waals surface area contributed by atoms with Gasteiger partial charge in [-0.1, -0.05) is 6.92 Å². The number of aromatic nitrogens is 1. The van der Waals surface area contributed by atoms with Crippen molar-refractivity contribution in [2.75, 3.05) is 0 Å². The van der Waals surface area contributed by atoms with Crippen LogP contribution in [0.3, 0.4) is 0 Å². The predicted octanol–water partition coefficient (Wildman–Crippen LogP) is 2.46. The number of carbonyl (C=O) groups is 1. The monoisotopic (exact) mass is 193 g/mol. The number of ether oxygens (including phenoxy) is 1. The second-order valence-corrected chi connectivity index (χ2v) is 3.35. The van der Waals surface area contributed by atoms with Gasteiger partial charge in [-0.15, -0.1) is 0 Å². The number of nitrogens with zero attached hydrogens (tertiary/aromatic N) is 1. The third-order valence-corrected chi connectivity index (χ3v) is 1.73. The van der Waals surface area contributed by atoms with E-state index in [1.54, 1.807) is 18.5 Å². The summed E-state index contributed by atoms with van der Waals surface area (Å²) in [6.07, 6.45) is 3.78. The minimum absolute atomic E-state index is 0.0895. The second kappa shape index (κ2) is 4.74. The number of rotatable bonds is 4. The van der Waals surface area contributed by atoms with Crippen molar-refractivity contribution in [1.29, 1.82) is 0 Å². The molecule has 0 aliphatic heterocycles. The van der Waals surface area contributed by atoms with Crippen molar-refractivity contribution in [3.05, 3.63) is 24.0 Å². The Morgan fingerprint density at radius 1 is 1.50 bits per heavy atom. The molecule has 0 saturated carbocycles. The Kier molecular flexibility index (Phi) is 3.63. The molecule has 0 aromatic carbocycles. The highest BCUT2D eigenvalue weighted by Crippen LogP contribution is 2.13. The molecule has 1 aromatic rings. The van der Waals surface area contributed by atoms with Crippen molar-refractivity contribution in [1.82, 2.24) is 4.98 Å². The lowest BCUT2D eigenvalue weighted by Crippen LogP contribution is -2.07. The maximum Gasteiger partial charge on any atom is 0.164 e. The van der Waals surface area contributed by atoms with Gasteiger partial charge in [-0.05, 0) is 19.9 Å². The fourth-order valence-electron chi connectivity index (χ4n) is 1.11. The van der Waals surface area contributed by atoms with Crippen LogP contribution in [0.5, 0.6) is 5.75 Å². The van der Waals surface area contributed by atoms with E-state index >= 15 is 0 Å². The molecule has 3 nitrogen and oxygen atoms in total. The highest BCUT2D eigenvalue weighted by atomic mass is 16.5. The molecular formula is C11H15NO2. The summed E-state index contributed by atoms with van der Waals surface area (Å²) in [7, 11) is 0. The van der Waals surface area contributed by atoms with E-state index in [2.05, 4.69) is 4.98 Å². The molecule has 1 aromatic heterocycles. The maximum absolute atomic E-state index is 11.4. The van der Waals surface area contributed by atoms with Gasteiger partial charge in [0.25, 0.3) is 0 Å². The molecule has 3 heteroatoms. The highest BCUT2D eigenvalue weighted by molar-refractivity contribution is 5.95. The van der Waals surface area contributed by atoms with Gasteiger partial charge < -0.3 is 4.74 Å². The van der Waals surface area contributed by atoms with E-state index in [1.807, 2.05) is 20.8 Å². The summed E-state index contributed by atoms with van der Waals surface area (Å²) < 4.78 is 5.43. The molecular weight excluding hydrogens is 178 g/mol. The van der Waals surface area contributed by atoms with Gasteiger partial charge in [-0.3, -0.25) is 9.78 Å². The smallest absolute Gasteiger partial charge is 0.164 e. The molecule has 1 rings (SSSR count). The maximum atomic E-state index is 11.4. The van der Waals surface area contributed by atoms with Crippen LogP contribution in [0.25, 0.3) is 0 Å². The normalized spacial score (nSPS) is 10.3. The molecule has 76 valence electrons. The number of hydrogen-bond acceptors (Lipinski definition) is 3. The van der Waals surface area contributed by atoms with E-state index in [9.17, 15) is 4.79 Å². The zero-order valence-electron chi connectivity index (χ0n) is 8.78. The van der Waals surface area contributed by atoms with Gasteiger partial charge in [-0.25, -0.2) is 0 Å². The quantitative estimate of drug-likeness (QED) is 0.689. The first-order valence-electron chi connectivity index (χ1n) is 4.78. The van der Waals surface area contributed by atoms with E-state index in [4.69, 9.17) is 4.74 Å². The van der Waals surface area contributed by atoms with Crippen LogP contribution in [0, 0.1) is 0 Å². The van der Waals surface area contributed by atoms with Crippen molar-refractivity contribution in [2.24, 2.45) is 0 Å². The molecule has 0 bridgehead atoms. The van der Waals surface area contributed by atoms with Gasteiger partial charge in [0.05, 0.1) is 12.3 Å². The predicted molar refractivity (Wildman–Crippen MR) is 54.6 cm³/mol. The summed E-state index contributed by atoms with van der Waals surface area (Å²) in [5.41, 5.74) is 0.616. The molecule has 0 spiro atoms. The van der Waals surface area contributed by atoms with Crippen LogP contribution in [-0.4, -0.2) is 16.9 Å². The molecule has 0 aliphatic rings. The summed E-state index contributed by atoms with van der Waals surface area (Å²) in [5, 5.41) is 0. The van der Waals surface area contributed by atoms with Gasteiger partial charge in [0.2, 0.25) is 0 Å². The summed E-state index contributed by atoms with van der Waals surface area (Å²) in [4.78, 5) is 15.3. The average molecular weight is 193 g/mol. The lowest BCUT2D eigenvalue weighted by atomic mass is 10.1. The first kappa shape index (κ1) is 10.7. The van der Waals surface area contributed by atoms with Crippen LogP contribution < -0.4 is 4.74 Å². The van der Waals surface area contributed by atoms with Crippen molar-refractivity contribution >= 4 is 5.78 Å². The molecule has 0 saturated heterocycles. The SMILES string of the molecule is CCC(=O)c1cncc(OC(C)C)c1. The number of hydrogen-bond donors (Lipinski definition) is 0. The van der Waals surface area contributed by atoms with Crippen molar-refractivity contribution in [2.45, 2.75) is 33.3 Å². The Balaban J connectivity index is 2.84. The Labute approximate surface area is 84.1 Å². The summed E-state index contributed by atoms with van der Waals surface area (Å²) >= 11 is 0. The number of pyridine rings is 1. The molecule has 0 unspecified atom stereocenters. The number of ketones is 1. The fourth-order valence-corrected chi connectivity index (χ4v) is 1.11.